The molecule has 0 unspecified atom stereocenters. The van der Waals surface area contributed by atoms with Gasteiger partial charge in [0, 0.05) is 18.7 Å². The number of nitrogens with zero attached hydrogens (tertiary/aromatic N) is 1. The maximum absolute atomic E-state index is 12.9. The Morgan fingerprint density at radius 3 is 2.24 bits per heavy atom. The molecule has 0 aliphatic carbocycles. The van der Waals surface area contributed by atoms with Gasteiger partial charge in [-0.3, -0.25) is 4.79 Å². The van der Waals surface area contributed by atoms with Crippen LogP contribution in [0.15, 0.2) is 29.2 Å². The fraction of sp³-hybridized carbons (Fsp3) is 0.600. The number of esters is 1. The van der Waals surface area contributed by atoms with Crippen molar-refractivity contribution < 1.29 is 27.5 Å². The van der Waals surface area contributed by atoms with Crippen LogP contribution < -0.4 is 5.32 Å². The third-order valence-corrected chi connectivity index (χ3v) is 6.94. The number of sulfonamides is 1. The minimum absolute atomic E-state index is 0.101. The highest BCUT2D eigenvalue weighted by Gasteiger charge is 2.32. The average molecular weight is 427 g/mol. The van der Waals surface area contributed by atoms with Crippen LogP contribution in [0.1, 0.15) is 44.5 Å². The molecular formula is C20H30N2O6S. The number of morpholine rings is 1. The van der Waals surface area contributed by atoms with Crippen LogP contribution in [0.2, 0.25) is 0 Å². The lowest BCUT2D eigenvalue weighted by atomic mass is 9.99. The zero-order chi connectivity index (χ0) is 21.8. The van der Waals surface area contributed by atoms with Crippen LogP contribution in [0.4, 0.5) is 0 Å². The lowest BCUT2D eigenvalue weighted by Gasteiger charge is -2.34. The molecule has 1 amide bonds. The van der Waals surface area contributed by atoms with Crippen molar-refractivity contribution in [3.05, 3.63) is 29.8 Å². The van der Waals surface area contributed by atoms with E-state index < -0.39 is 27.9 Å². The lowest BCUT2D eigenvalue weighted by Crippen LogP contribution is -2.48. The molecular weight excluding hydrogens is 396 g/mol. The van der Waals surface area contributed by atoms with E-state index in [1.165, 1.54) is 35.7 Å². The summed E-state index contributed by atoms with van der Waals surface area (Å²) in [5.74, 6) is -1.07. The zero-order valence-electron chi connectivity index (χ0n) is 17.5. The molecule has 1 saturated heterocycles. The molecule has 0 bridgehead atoms. The van der Waals surface area contributed by atoms with Gasteiger partial charge in [-0.05, 0) is 44.0 Å². The number of hydrogen-bond donors (Lipinski definition) is 1. The smallest absolute Gasteiger partial charge is 0.328 e. The van der Waals surface area contributed by atoms with Gasteiger partial charge in [0.25, 0.3) is 5.91 Å². The molecule has 1 aliphatic heterocycles. The van der Waals surface area contributed by atoms with E-state index in [2.05, 4.69) is 5.32 Å². The minimum Gasteiger partial charge on any atom is -0.467 e. The molecule has 1 heterocycles. The molecule has 1 aromatic carbocycles. The number of rotatable bonds is 7. The van der Waals surface area contributed by atoms with Gasteiger partial charge in [-0.25, -0.2) is 13.2 Å². The Bertz CT molecular complexity index is 814. The lowest BCUT2D eigenvalue weighted by molar-refractivity contribution is -0.144. The molecule has 0 saturated carbocycles. The van der Waals surface area contributed by atoms with Gasteiger partial charge in [0.15, 0.2) is 0 Å². The van der Waals surface area contributed by atoms with Crippen LogP contribution in [-0.2, 0) is 24.3 Å². The number of amides is 1. The average Bonchev–Trinajstić information content (AvgIpc) is 2.70. The quantitative estimate of drug-likeness (QED) is 0.667. The third kappa shape index (κ3) is 5.55. The number of hydrogen-bond acceptors (Lipinski definition) is 6. The van der Waals surface area contributed by atoms with Gasteiger partial charge >= 0.3 is 5.97 Å². The number of carbonyl (C=O) groups is 2. The van der Waals surface area contributed by atoms with E-state index >= 15 is 0 Å². The highest BCUT2D eigenvalue weighted by molar-refractivity contribution is 7.89. The van der Waals surface area contributed by atoms with E-state index in [1.807, 2.05) is 27.7 Å². The first-order chi connectivity index (χ1) is 13.6. The first-order valence-electron chi connectivity index (χ1n) is 9.74. The van der Waals surface area contributed by atoms with Crippen LogP contribution in [0.25, 0.3) is 0 Å². The topological polar surface area (TPSA) is 102 Å². The van der Waals surface area contributed by atoms with Gasteiger partial charge in [0.1, 0.15) is 6.04 Å². The van der Waals surface area contributed by atoms with Crippen LogP contribution in [0, 0.1) is 5.92 Å². The first-order valence-corrected chi connectivity index (χ1v) is 11.2. The standard InChI is InChI=1S/C20H30N2O6S/c1-6-13(2)18(20(24)27-5)21-19(23)16-7-9-17(10-8-16)29(25,26)22-11-14(3)28-15(4)12-22/h7-10,13-15,18H,6,11-12H2,1-5H3,(H,21,23)/t13-,14-,15+,18+/m0/s1. The number of methoxy groups -OCH3 is 1. The molecule has 162 valence electrons. The van der Waals surface area contributed by atoms with Crippen LogP contribution in [-0.4, -0.2) is 63.0 Å². The monoisotopic (exact) mass is 426 g/mol. The molecule has 1 aliphatic rings. The van der Waals surface area contributed by atoms with Gasteiger partial charge in [-0.15, -0.1) is 0 Å². The first kappa shape index (κ1) is 23.3. The second kappa shape index (κ2) is 9.69. The van der Waals surface area contributed by atoms with Crippen molar-refractivity contribution in [3.63, 3.8) is 0 Å². The van der Waals surface area contributed by atoms with Gasteiger partial charge < -0.3 is 14.8 Å². The molecule has 4 atom stereocenters. The van der Waals surface area contributed by atoms with Crippen molar-refractivity contribution in [1.82, 2.24) is 9.62 Å². The van der Waals surface area contributed by atoms with E-state index in [-0.39, 0.29) is 41.7 Å². The van der Waals surface area contributed by atoms with Gasteiger partial charge in [0.05, 0.1) is 24.2 Å². The zero-order valence-corrected chi connectivity index (χ0v) is 18.4. The number of benzene rings is 1. The van der Waals surface area contributed by atoms with Crippen molar-refractivity contribution in [2.45, 2.75) is 57.3 Å². The second-order valence-corrected chi connectivity index (χ2v) is 9.40. The molecule has 2 rings (SSSR count). The Hall–Kier alpha value is -1.97. The summed E-state index contributed by atoms with van der Waals surface area (Å²) in [5.41, 5.74) is 0.268. The fourth-order valence-electron chi connectivity index (χ4n) is 3.28. The van der Waals surface area contributed by atoms with Crippen molar-refractivity contribution >= 4 is 21.9 Å². The SMILES string of the molecule is CC[C@H](C)[C@@H](NC(=O)c1ccc(S(=O)(=O)N2C[C@@H](C)O[C@@H](C)C2)cc1)C(=O)OC. The normalized spacial score (nSPS) is 22.5. The summed E-state index contributed by atoms with van der Waals surface area (Å²) in [6.07, 6.45) is 0.317. The maximum atomic E-state index is 12.9. The highest BCUT2D eigenvalue weighted by atomic mass is 32.2. The predicted octanol–water partition coefficient (Wildman–Crippen LogP) is 1.80. The van der Waals surface area contributed by atoms with Gasteiger partial charge in [-0.1, -0.05) is 20.3 Å². The fourth-order valence-corrected chi connectivity index (χ4v) is 4.87. The molecule has 0 radical (unpaired) electrons. The van der Waals surface area contributed by atoms with Crippen molar-refractivity contribution in [2.75, 3.05) is 20.2 Å². The van der Waals surface area contributed by atoms with Gasteiger partial charge in [0.2, 0.25) is 10.0 Å². The molecule has 1 fully saturated rings. The Kier molecular flexibility index (Phi) is 7.79. The molecule has 9 heteroatoms. The molecule has 1 aromatic rings. The molecule has 29 heavy (non-hydrogen) atoms. The number of ether oxygens (including phenoxy) is 2. The summed E-state index contributed by atoms with van der Waals surface area (Å²) in [5, 5.41) is 2.68. The van der Waals surface area contributed by atoms with Crippen LogP contribution in [0.3, 0.4) is 0 Å². The Labute approximate surface area is 172 Å². The van der Waals surface area contributed by atoms with E-state index in [1.54, 1.807) is 0 Å². The van der Waals surface area contributed by atoms with E-state index in [9.17, 15) is 18.0 Å². The summed E-state index contributed by atoms with van der Waals surface area (Å²) < 4.78 is 37.6. The summed E-state index contributed by atoms with van der Waals surface area (Å²) in [6, 6.07) is 4.94. The van der Waals surface area contributed by atoms with Crippen LogP contribution in [0.5, 0.6) is 0 Å². The van der Waals surface area contributed by atoms with Crippen LogP contribution >= 0.6 is 0 Å². The summed E-state index contributed by atoms with van der Waals surface area (Å²) in [4.78, 5) is 24.6. The minimum atomic E-state index is -3.68. The van der Waals surface area contributed by atoms with E-state index in [0.717, 1.165) is 0 Å². The molecule has 0 spiro atoms. The number of carbonyl (C=O) groups excluding carboxylic acids is 2. The Morgan fingerprint density at radius 1 is 1.21 bits per heavy atom. The van der Waals surface area contributed by atoms with Gasteiger partial charge in [-0.2, -0.15) is 4.31 Å². The van der Waals surface area contributed by atoms with E-state index in [4.69, 9.17) is 9.47 Å². The van der Waals surface area contributed by atoms with Crippen molar-refractivity contribution in [3.8, 4) is 0 Å². The largest absolute Gasteiger partial charge is 0.467 e. The molecule has 0 aromatic heterocycles. The molecule has 8 nitrogen and oxygen atoms in total. The second-order valence-electron chi connectivity index (χ2n) is 7.46. The summed E-state index contributed by atoms with van der Waals surface area (Å²) in [7, 11) is -2.41. The number of nitrogens with one attached hydrogen (secondary N) is 1. The summed E-state index contributed by atoms with van der Waals surface area (Å²) in [6.45, 7) is 8.00. The van der Waals surface area contributed by atoms with Crippen molar-refractivity contribution in [1.29, 1.82) is 0 Å². The maximum Gasteiger partial charge on any atom is 0.328 e. The Morgan fingerprint density at radius 2 is 1.76 bits per heavy atom. The predicted molar refractivity (Wildman–Crippen MR) is 108 cm³/mol. The molecule has 1 N–H and O–H groups in total. The van der Waals surface area contributed by atoms with Crippen molar-refractivity contribution in [2.24, 2.45) is 5.92 Å². The highest BCUT2D eigenvalue weighted by Crippen LogP contribution is 2.21. The third-order valence-electron chi connectivity index (χ3n) is 5.10. The summed E-state index contributed by atoms with van der Waals surface area (Å²) >= 11 is 0. The van der Waals surface area contributed by atoms with E-state index in [0.29, 0.717) is 6.42 Å². The Balaban J connectivity index is 2.16.